The summed E-state index contributed by atoms with van der Waals surface area (Å²) in [6.07, 6.45) is 0.349. The van der Waals surface area contributed by atoms with Crippen LogP contribution < -0.4 is 15.6 Å². The summed E-state index contributed by atoms with van der Waals surface area (Å²) in [5.41, 5.74) is 17.0. The lowest BCUT2D eigenvalue weighted by atomic mass is 9.81. The number of hydrogen-bond acceptors (Lipinski definition) is 7. The molecule has 0 bridgehead atoms. The van der Waals surface area contributed by atoms with Crippen LogP contribution >= 0.6 is 27.5 Å². The van der Waals surface area contributed by atoms with Gasteiger partial charge in [-0.3, -0.25) is 10.2 Å². The number of amides is 1. The van der Waals surface area contributed by atoms with Crippen molar-refractivity contribution in [3.05, 3.63) is 139 Å². The van der Waals surface area contributed by atoms with E-state index in [9.17, 15) is 10.3 Å². The highest BCUT2D eigenvalue weighted by molar-refractivity contribution is 9.10. The monoisotopic (exact) mass is 702 g/mol. The van der Waals surface area contributed by atoms with Gasteiger partial charge < -0.3 is 14.6 Å². The van der Waals surface area contributed by atoms with Crippen LogP contribution in [0.1, 0.15) is 34.8 Å². The quantitative estimate of drug-likeness (QED) is 0.0420. The number of ether oxygens (including phenoxy) is 2. The Morgan fingerprint density at radius 3 is 2.48 bits per heavy atom. The average Bonchev–Trinajstić information content (AvgIpc) is 3.46. The molecule has 0 spiro atoms. The van der Waals surface area contributed by atoms with Crippen LogP contribution in [0, 0.1) is 0 Å². The van der Waals surface area contributed by atoms with E-state index in [1.54, 1.807) is 24.3 Å². The predicted octanol–water partition coefficient (Wildman–Crippen LogP) is 7.17. The molecule has 10 nitrogen and oxygen atoms in total. The van der Waals surface area contributed by atoms with Crippen LogP contribution in [0.25, 0.3) is 10.4 Å². The Morgan fingerprint density at radius 2 is 1.76 bits per heavy atom. The van der Waals surface area contributed by atoms with Gasteiger partial charge in [0.1, 0.15) is 5.75 Å². The fourth-order valence-corrected chi connectivity index (χ4v) is 5.66. The van der Waals surface area contributed by atoms with Gasteiger partial charge in [-0.1, -0.05) is 87.2 Å². The Bertz CT molecular complexity index is 1730. The van der Waals surface area contributed by atoms with Gasteiger partial charge in [-0.25, -0.2) is 10.4 Å². The Hall–Kier alpha value is -4.38. The summed E-state index contributed by atoms with van der Waals surface area (Å²) in [6.45, 7) is 0.845. The molecular weight excluding hydrogens is 672 g/mol. The number of carbonyl (C=O) groups is 1. The highest BCUT2D eigenvalue weighted by Gasteiger charge is 2.53. The maximum atomic E-state index is 14.4. The number of halogens is 2. The first kappa shape index (κ1) is 33.0. The number of carbonyl (C=O) groups excluding carboxylic acids is 1. The molecule has 5 rings (SSSR count). The number of hydrazine groups is 1. The van der Waals surface area contributed by atoms with Gasteiger partial charge in [0.05, 0.1) is 6.61 Å². The van der Waals surface area contributed by atoms with E-state index < -0.39 is 17.6 Å². The van der Waals surface area contributed by atoms with Gasteiger partial charge in [0.25, 0.3) is 5.91 Å². The number of aliphatic imine (C=N–C) groups is 1. The number of aliphatic hydroxyl groups excluding tert-OH is 1. The molecule has 1 heterocycles. The fourth-order valence-electron chi connectivity index (χ4n) is 5.17. The van der Waals surface area contributed by atoms with E-state index in [0.717, 1.165) is 15.6 Å². The highest BCUT2D eigenvalue weighted by Crippen LogP contribution is 2.44. The van der Waals surface area contributed by atoms with Crippen molar-refractivity contribution in [3.63, 3.8) is 0 Å². The van der Waals surface area contributed by atoms with Gasteiger partial charge in [-0.05, 0) is 71.1 Å². The summed E-state index contributed by atoms with van der Waals surface area (Å²) in [5.74, 6) is 0.492. The van der Waals surface area contributed by atoms with Crippen molar-refractivity contribution in [2.75, 3.05) is 19.8 Å². The third-order valence-electron chi connectivity index (χ3n) is 7.49. The topological polar surface area (TPSA) is 141 Å². The van der Waals surface area contributed by atoms with E-state index in [-0.39, 0.29) is 18.9 Å². The van der Waals surface area contributed by atoms with E-state index >= 15 is 0 Å². The standard InChI is InChI=1S/C34H32BrClN6O4/c35-27-14-10-24(11-15-27)31-34(22-26-7-2-4-9-30(26)40-42-37,33(44)41-38-19-18-23-6-1-3-8-29(23)36)39-32(46-31)25-12-16-28(17-13-25)45-21-5-20-43/h1-4,6-17,31,38,43H,5,18-22H2,(H,41,44)/t31-,34-/m0/s1. The molecule has 1 aliphatic rings. The van der Waals surface area contributed by atoms with Gasteiger partial charge in [0.2, 0.25) is 5.90 Å². The largest absolute Gasteiger partial charge is 0.494 e. The van der Waals surface area contributed by atoms with Gasteiger partial charge in [0.15, 0.2) is 11.6 Å². The Morgan fingerprint density at radius 1 is 1.04 bits per heavy atom. The molecular formula is C34H32BrClN6O4. The second-order valence-electron chi connectivity index (χ2n) is 10.6. The molecule has 0 fully saturated rings. The van der Waals surface area contributed by atoms with Gasteiger partial charge in [-0.2, -0.15) is 0 Å². The molecule has 4 aromatic carbocycles. The van der Waals surface area contributed by atoms with Crippen molar-refractivity contribution in [2.45, 2.75) is 30.9 Å². The highest BCUT2D eigenvalue weighted by atomic mass is 79.9. The van der Waals surface area contributed by atoms with Gasteiger partial charge in [0, 0.05) is 51.7 Å². The Kier molecular flexibility index (Phi) is 11.3. The second kappa shape index (κ2) is 15.8. The van der Waals surface area contributed by atoms with Crippen molar-refractivity contribution in [1.82, 2.24) is 10.9 Å². The molecule has 46 heavy (non-hydrogen) atoms. The normalized spacial score (nSPS) is 17.0. The predicted molar refractivity (Wildman–Crippen MR) is 181 cm³/mol. The van der Waals surface area contributed by atoms with Crippen LogP contribution in [0.2, 0.25) is 5.02 Å². The zero-order valence-electron chi connectivity index (χ0n) is 24.8. The first-order valence-corrected chi connectivity index (χ1v) is 15.9. The first-order valence-electron chi connectivity index (χ1n) is 14.7. The SMILES string of the molecule is [N-]=[N+]=Nc1ccccc1C[C@]1(C(=O)NNCCc2ccccc2Cl)N=C(c2ccc(OCCCO)cc2)O[C@H]1c1ccc(Br)cc1. The van der Waals surface area contributed by atoms with Crippen molar-refractivity contribution in [1.29, 1.82) is 0 Å². The molecule has 3 N–H and O–H groups in total. The van der Waals surface area contributed by atoms with Gasteiger partial charge >= 0.3 is 0 Å². The van der Waals surface area contributed by atoms with Crippen molar-refractivity contribution < 1.29 is 19.4 Å². The van der Waals surface area contributed by atoms with E-state index in [1.807, 2.05) is 72.8 Å². The van der Waals surface area contributed by atoms with Crippen LogP contribution in [0.3, 0.4) is 0 Å². The molecule has 4 aromatic rings. The molecule has 236 valence electrons. The number of nitrogens with zero attached hydrogens (tertiary/aromatic N) is 4. The maximum absolute atomic E-state index is 14.4. The lowest BCUT2D eigenvalue weighted by Crippen LogP contribution is -2.54. The molecule has 0 radical (unpaired) electrons. The molecule has 0 unspecified atom stereocenters. The molecule has 0 saturated carbocycles. The first-order chi connectivity index (χ1) is 22.4. The molecule has 1 aliphatic heterocycles. The molecule has 12 heteroatoms. The molecule has 0 aliphatic carbocycles. The zero-order valence-corrected chi connectivity index (χ0v) is 27.1. The van der Waals surface area contributed by atoms with Crippen molar-refractivity contribution in [2.24, 2.45) is 10.1 Å². The van der Waals surface area contributed by atoms with E-state index in [2.05, 4.69) is 36.8 Å². The Balaban J connectivity index is 1.52. The van der Waals surface area contributed by atoms with E-state index in [1.165, 1.54) is 0 Å². The number of hydrogen-bond donors (Lipinski definition) is 3. The van der Waals surface area contributed by atoms with Crippen LogP contribution in [0.15, 0.2) is 112 Å². The number of rotatable bonds is 14. The molecule has 2 atom stereocenters. The summed E-state index contributed by atoms with van der Waals surface area (Å²) in [7, 11) is 0. The lowest BCUT2D eigenvalue weighted by Gasteiger charge is -2.31. The lowest BCUT2D eigenvalue weighted by molar-refractivity contribution is -0.130. The second-order valence-corrected chi connectivity index (χ2v) is 11.9. The third kappa shape index (κ3) is 7.88. The van der Waals surface area contributed by atoms with Crippen LogP contribution in [0.4, 0.5) is 5.69 Å². The number of azide groups is 1. The zero-order chi connectivity index (χ0) is 32.4. The third-order valence-corrected chi connectivity index (χ3v) is 8.38. The smallest absolute Gasteiger partial charge is 0.266 e. The fraction of sp³-hybridized carbons (Fsp3) is 0.235. The average molecular weight is 704 g/mol. The minimum absolute atomic E-state index is 0.0436. The van der Waals surface area contributed by atoms with E-state index in [0.29, 0.717) is 53.6 Å². The maximum Gasteiger partial charge on any atom is 0.266 e. The van der Waals surface area contributed by atoms with Crippen molar-refractivity contribution in [3.8, 4) is 5.75 Å². The molecule has 1 amide bonds. The van der Waals surface area contributed by atoms with Crippen molar-refractivity contribution >= 4 is 45.0 Å². The summed E-state index contributed by atoms with van der Waals surface area (Å²) in [6, 6.07) is 29.4. The minimum atomic E-state index is -1.50. The molecule has 0 aromatic heterocycles. The van der Waals surface area contributed by atoms with Gasteiger partial charge in [-0.15, -0.1) is 0 Å². The number of benzene rings is 4. The number of nitrogens with one attached hydrogen (secondary N) is 2. The minimum Gasteiger partial charge on any atom is -0.494 e. The summed E-state index contributed by atoms with van der Waals surface area (Å²) >= 11 is 9.83. The summed E-state index contributed by atoms with van der Waals surface area (Å²) in [5, 5.41) is 13.6. The van der Waals surface area contributed by atoms with Crippen LogP contribution in [-0.2, 0) is 22.4 Å². The summed E-state index contributed by atoms with van der Waals surface area (Å²) < 4.78 is 13.1. The van der Waals surface area contributed by atoms with Crippen LogP contribution in [-0.4, -0.2) is 42.2 Å². The Labute approximate surface area is 280 Å². The summed E-state index contributed by atoms with van der Waals surface area (Å²) in [4.78, 5) is 22.4. The number of aliphatic hydroxyl groups is 1. The van der Waals surface area contributed by atoms with Crippen LogP contribution in [0.5, 0.6) is 5.75 Å². The molecule has 0 saturated heterocycles. The van der Waals surface area contributed by atoms with E-state index in [4.69, 9.17) is 31.2 Å².